The zero-order valence-electron chi connectivity index (χ0n) is 9.76. The Kier molecular flexibility index (Phi) is 4.03. The molecule has 1 rings (SSSR count). The number of aromatic amines is 1. The van der Waals surface area contributed by atoms with E-state index < -0.39 is 0 Å². The summed E-state index contributed by atoms with van der Waals surface area (Å²) in [7, 11) is 0. The second kappa shape index (κ2) is 5.07. The maximum atomic E-state index is 11.7. The lowest BCUT2D eigenvalue weighted by molar-refractivity contribution is 0.128. The van der Waals surface area contributed by atoms with Crippen LogP contribution in [0.1, 0.15) is 43.8 Å². The molecule has 0 aromatic carbocycles. The molecule has 0 amide bonds. The van der Waals surface area contributed by atoms with E-state index in [9.17, 15) is 4.79 Å². The summed E-state index contributed by atoms with van der Waals surface area (Å²) in [6, 6.07) is 0. The molecular formula is C11H18N2O2. The van der Waals surface area contributed by atoms with Gasteiger partial charge in [0.05, 0.1) is 0 Å². The fourth-order valence-electron chi connectivity index (χ4n) is 1.60. The van der Waals surface area contributed by atoms with Gasteiger partial charge in [0.1, 0.15) is 12.4 Å². The van der Waals surface area contributed by atoms with Crippen LogP contribution in [0.25, 0.3) is 0 Å². The molecule has 4 nitrogen and oxygen atoms in total. The van der Waals surface area contributed by atoms with Gasteiger partial charge in [0, 0.05) is 17.9 Å². The lowest BCUT2D eigenvalue weighted by atomic mass is 10.0. The van der Waals surface area contributed by atoms with Crippen LogP contribution in [0.2, 0.25) is 0 Å². The third kappa shape index (κ3) is 2.89. The van der Waals surface area contributed by atoms with Crippen molar-refractivity contribution < 1.29 is 4.74 Å². The van der Waals surface area contributed by atoms with E-state index in [0.717, 1.165) is 11.3 Å². The van der Waals surface area contributed by atoms with Crippen molar-refractivity contribution in [3.8, 4) is 0 Å². The van der Waals surface area contributed by atoms with E-state index in [1.165, 1.54) is 0 Å². The van der Waals surface area contributed by atoms with Crippen molar-refractivity contribution in [3.05, 3.63) is 27.4 Å². The summed E-state index contributed by atoms with van der Waals surface area (Å²) in [5.41, 5.74) is 1.51. The summed E-state index contributed by atoms with van der Waals surface area (Å²) in [5.74, 6) is 0.797. The van der Waals surface area contributed by atoms with Crippen LogP contribution in [0.3, 0.4) is 0 Å². The fraction of sp³-hybridized carbons (Fsp3) is 0.636. The first-order chi connectivity index (χ1) is 7.06. The molecule has 0 radical (unpaired) electrons. The van der Waals surface area contributed by atoms with Crippen LogP contribution in [-0.2, 0) is 11.3 Å². The van der Waals surface area contributed by atoms with Crippen molar-refractivity contribution in [3.63, 3.8) is 0 Å². The number of aromatic nitrogens is 2. The third-order valence-corrected chi connectivity index (χ3v) is 2.22. The van der Waals surface area contributed by atoms with E-state index in [4.69, 9.17) is 4.74 Å². The monoisotopic (exact) mass is 210 g/mol. The predicted molar refractivity (Wildman–Crippen MR) is 59.0 cm³/mol. The number of hydrogen-bond donors (Lipinski definition) is 1. The quantitative estimate of drug-likeness (QED) is 0.823. The molecular weight excluding hydrogens is 192 g/mol. The molecule has 0 saturated carbocycles. The van der Waals surface area contributed by atoms with Crippen LogP contribution in [0.4, 0.5) is 0 Å². The Bertz CT molecular complexity index is 383. The fourth-order valence-corrected chi connectivity index (χ4v) is 1.60. The Balaban J connectivity index is 3.03. The van der Waals surface area contributed by atoms with Crippen LogP contribution in [0.15, 0.2) is 4.79 Å². The number of rotatable bonds is 4. The van der Waals surface area contributed by atoms with Gasteiger partial charge in [0.2, 0.25) is 0 Å². The van der Waals surface area contributed by atoms with Gasteiger partial charge in [-0.05, 0) is 19.8 Å². The molecule has 0 aliphatic carbocycles. The van der Waals surface area contributed by atoms with Gasteiger partial charge in [-0.1, -0.05) is 13.8 Å². The number of H-pyrrole nitrogens is 1. The van der Waals surface area contributed by atoms with Crippen LogP contribution in [0.5, 0.6) is 0 Å². The summed E-state index contributed by atoms with van der Waals surface area (Å²) in [6.07, 6.45) is 0. The predicted octanol–water partition coefficient (Wildman–Crippen LogP) is 1.74. The molecule has 0 aliphatic heterocycles. The molecule has 0 unspecified atom stereocenters. The minimum Gasteiger partial charge on any atom is -0.374 e. The molecule has 1 aromatic rings. The SMILES string of the molecule is CCOCc1nc(C)c(C(C)C)c(=O)[nH]1. The van der Waals surface area contributed by atoms with Gasteiger partial charge >= 0.3 is 0 Å². The Morgan fingerprint density at radius 1 is 1.47 bits per heavy atom. The van der Waals surface area contributed by atoms with Gasteiger partial charge in [-0.2, -0.15) is 0 Å². The normalized spacial score (nSPS) is 11.0. The van der Waals surface area contributed by atoms with E-state index >= 15 is 0 Å². The first-order valence-electron chi connectivity index (χ1n) is 5.23. The highest BCUT2D eigenvalue weighted by molar-refractivity contribution is 5.19. The highest BCUT2D eigenvalue weighted by Crippen LogP contribution is 2.12. The van der Waals surface area contributed by atoms with E-state index in [1.54, 1.807) is 0 Å². The standard InChI is InChI=1S/C11H18N2O2/c1-5-15-6-9-12-8(4)10(7(2)3)11(14)13-9/h7H,5-6H2,1-4H3,(H,12,13,14). The Labute approximate surface area is 89.7 Å². The molecule has 1 N–H and O–H groups in total. The number of aryl methyl sites for hydroxylation is 1. The van der Waals surface area contributed by atoms with Crippen LogP contribution >= 0.6 is 0 Å². The van der Waals surface area contributed by atoms with Crippen LogP contribution < -0.4 is 5.56 Å². The molecule has 0 fully saturated rings. The van der Waals surface area contributed by atoms with Crippen molar-refractivity contribution in [1.29, 1.82) is 0 Å². The van der Waals surface area contributed by atoms with E-state index in [1.807, 2.05) is 27.7 Å². The van der Waals surface area contributed by atoms with Gasteiger partial charge in [0.15, 0.2) is 0 Å². The molecule has 0 spiro atoms. The largest absolute Gasteiger partial charge is 0.374 e. The van der Waals surface area contributed by atoms with Gasteiger partial charge in [0.25, 0.3) is 5.56 Å². The average molecular weight is 210 g/mol. The number of ether oxygens (including phenoxy) is 1. The summed E-state index contributed by atoms with van der Waals surface area (Å²) >= 11 is 0. The first kappa shape index (κ1) is 11.9. The Hall–Kier alpha value is -1.16. The molecule has 1 aromatic heterocycles. The summed E-state index contributed by atoms with van der Waals surface area (Å²) in [4.78, 5) is 18.8. The summed E-state index contributed by atoms with van der Waals surface area (Å²) in [6.45, 7) is 8.73. The highest BCUT2D eigenvalue weighted by Gasteiger charge is 2.11. The molecule has 1 heterocycles. The van der Waals surface area contributed by atoms with Gasteiger partial charge in [-0.3, -0.25) is 4.79 Å². The number of nitrogens with one attached hydrogen (secondary N) is 1. The zero-order chi connectivity index (χ0) is 11.4. The van der Waals surface area contributed by atoms with Crippen molar-refractivity contribution in [2.45, 2.75) is 40.2 Å². The van der Waals surface area contributed by atoms with Crippen molar-refractivity contribution >= 4 is 0 Å². The molecule has 0 bridgehead atoms. The summed E-state index contributed by atoms with van der Waals surface area (Å²) < 4.78 is 5.20. The molecule has 0 atom stereocenters. The van der Waals surface area contributed by atoms with Crippen molar-refractivity contribution in [1.82, 2.24) is 9.97 Å². The number of nitrogens with zero attached hydrogens (tertiary/aromatic N) is 1. The van der Waals surface area contributed by atoms with Gasteiger partial charge < -0.3 is 9.72 Å². The Morgan fingerprint density at radius 3 is 2.60 bits per heavy atom. The second-order valence-corrected chi connectivity index (χ2v) is 3.80. The lowest BCUT2D eigenvalue weighted by Gasteiger charge is -2.09. The van der Waals surface area contributed by atoms with Crippen LogP contribution in [-0.4, -0.2) is 16.6 Å². The van der Waals surface area contributed by atoms with Crippen molar-refractivity contribution in [2.75, 3.05) is 6.61 Å². The molecule has 0 aliphatic rings. The first-order valence-corrected chi connectivity index (χ1v) is 5.23. The molecule has 15 heavy (non-hydrogen) atoms. The van der Waals surface area contributed by atoms with E-state index in [2.05, 4.69) is 9.97 Å². The summed E-state index contributed by atoms with van der Waals surface area (Å²) in [5, 5.41) is 0. The van der Waals surface area contributed by atoms with Gasteiger partial charge in [-0.25, -0.2) is 4.98 Å². The molecule has 84 valence electrons. The lowest BCUT2D eigenvalue weighted by Crippen LogP contribution is -2.20. The third-order valence-electron chi connectivity index (χ3n) is 2.22. The zero-order valence-corrected chi connectivity index (χ0v) is 9.76. The average Bonchev–Trinajstić information content (AvgIpc) is 2.12. The van der Waals surface area contributed by atoms with E-state index in [-0.39, 0.29) is 11.5 Å². The minimum atomic E-state index is -0.0489. The number of hydrogen-bond acceptors (Lipinski definition) is 3. The topological polar surface area (TPSA) is 55.0 Å². The van der Waals surface area contributed by atoms with Gasteiger partial charge in [-0.15, -0.1) is 0 Å². The smallest absolute Gasteiger partial charge is 0.254 e. The second-order valence-electron chi connectivity index (χ2n) is 3.80. The highest BCUT2D eigenvalue weighted by atomic mass is 16.5. The molecule has 4 heteroatoms. The van der Waals surface area contributed by atoms with Crippen LogP contribution in [0, 0.1) is 6.92 Å². The maximum Gasteiger partial charge on any atom is 0.254 e. The molecule has 0 saturated heterocycles. The maximum absolute atomic E-state index is 11.7. The van der Waals surface area contributed by atoms with Crippen molar-refractivity contribution in [2.24, 2.45) is 0 Å². The minimum absolute atomic E-state index is 0.0489. The van der Waals surface area contributed by atoms with E-state index in [0.29, 0.717) is 19.0 Å². The Morgan fingerprint density at radius 2 is 2.13 bits per heavy atom.